The van der Waals surface area contributed by atoms with Crippen LogP contribution in [0.1, 0.15) is 33.6 Å². The number of hydrogen-bond acceptors (Lipinski definition) is 4. The largest absolute Gasteiger partial charge is 0.444 e. The Bertz CT molecular complexity index is 964. The number of anilines is 1. The van der Waals surface area contributed by atoms with E-state index in [0.29, 0.717) is 26.1 Å². The van der Waals surface area contributed by atoms with Gasteiger partial charge in [0, 0.05) is 37.8 Å². The molecule has 3 heterocycles. The molecule has 0 radical (unpaired) electrons. The summed E-state index contributed by atoms with van der Waals surface area (Å²) in [4.78, 5) is 29.3. The fraction of sp³-hybridized carbons (Fsp3) is 0.550. The van der Waals surface area contributed by atoms with Gasteiger partial charge in [0.15, 0.2) is 0 Å². The molecule has 1 aromatic carbocycles. The van der Waals surface area contributed by atoms with Crippen molar-refractivity contribution in [1.82, 2.24) is 14.7 Å². The van der Waals surface area contributed by atoms with Gasteiger partial charge in [0.25, 0.3) is 0 Å². The Morgan fingerprint density at radius 2 is 1.96 bits per heavy atom. The maximum Gasteiger partial charge on any atom is 0.410 e. The molecule has 0 N–H and O–H groups in total. The number of aryl methyl sites for hydroxylation is 1. The molecule has 1 aromatic heterocycles. The first-order valence-corrected chi connectivity index (χ1v) is 10.6. The highest BCUT2D eigenvalue weighted by Gasteiger charge is 2.52. The molecule has 2 amide bonds. The molecular formula is C20H25IN4O3. The van der Waals surface area contributed by atoms with Crippen molar-refractivity contribution in [2.75, 3.05) is 24.5 Å². The number of aromatic nitrogens is 2. The number of amides is 2. The normalized spacial score (nSPS) is 22.7. The summed E-state index contributed by atoms with van der Waals surface area (Å²) in [5, 5.41) is 5.50. The van der Waals surface area contributed by atoms with E-state index in [2.05, 4.69) is 27.7 Å². The van der Waals surface area contributed by atoms with Gasteiger partial charge in [-0.2, -0.15) is 5.10 Å². The summed E-state index contributed by atoms with van der Waals surface area (Å²) >= 11 is 2.22. The molecule has 1 atom stereocenters. The smallest absolute Gasteiger partial charge is 0.410 e. The minimum atomic E-state index is -0.533. The molecule has 0 bridgehead atoms. The Kier molecular flexibility index (Phi) is 4.59. The lowest BCUT2D eigenvalue weighted by Gasteiger charge is -2.26. The van der Waals surface area contributed by atoms with Crippen molar-refractivity contribution in [1.29, 1.82) is 0 Å². The average Bonchev–Trinajstić information content (AvgIpc) is 3.26. The Morgan fingerprint density at radius 3 is 2.68 bits per heavy atom. The quantitative estimate of drug-likeness (QED) is 0.567. The first-order chi connectivity index (χ1) is 13.1. The van der Waals surface area contributed by atoms with E-state index < -0.39 is 11.0 Å². The van der Waals surface area contributed by atoms with Crippen molar-refractivity contribution in [2.45, 2.75) is 39.2 Å². The van der Waals surface area contributed by atoms with E-state index in [1.807, 2.05) is 55.6 Å². The van der Waals surface area contributed by atoms with Crippen LogP contribution in [0, 0.1) is 9.12 Å². The Balaban J connectivity index is 1.54. The second kappa shape index (κ2) is 6.60. The number of carbonyl (C=O) groups excluding carboxylic acids is 2. The van der Waals surface area contributed by atoms with Crippen LogP contribution in [0.4, 0.5) is 10.5 Å². The van der Waals surface area contributed by atoms with Crippen molar-refractivity contribution in [3.8, 4) is 0 Å². The summed E-state index contributed by atoms with van der Waals surface area (Å²) in [6.45, 7) is 7.24. The van der Waals surface area contributed by atoms with Crippen LogP contribution in [-0.2, 0) is 16.6 Å². The van der Waals surface area contributed by atoms with Crippen LogP contribution in [0.5, 0.6) is 0 Å². The van der Waals surface area contributed by atoms with Gasteiger partial charge in [-0.25, -0.2) is 4.79 Å². The van der Waals surface area contributed by atoms with E-state index in [1.54, 1.807) is 4.90 Å². The summed E-state index contributed by atoms with van der Waals surface area (Å²) in [6.07, 6.45) is 1.11. The number of hydrogen-bond donors (Lipinski definition) is 0. The molecule has 2 aliphatic rings. The van der Waals surface area contributed by atoms with E-state index in [1.165, 1.54) is 0 Å². The number of fused-ring (bicyclic) bond motifs is 1. The minimum absolute atomic E-state index is 0.108. The molecule has 1 spiro atoms. The lowest BCUT2D eigenvalue weighted by molar-refractivity contribution is -0.124. The van der Waals surface area contributed by atoms with Crippen LogP contribution in [0.25, 0.3) is 10.9 Å². The lowest BCUT2D eigenvalue weighted by atomic mass is 9.85. The molecule has 2 aliphatic heterocycles. The molecule has 28 heavy (non-hydrogen) atoms. The van der Waals surface area contributed by atoms with E-state index in [4.69, 9.17) is 4.74 Å². The zero-order valence-corrected chi connectivity index (χ0v) is 18.8. The SMILES string of the molecule is Cn1nc(I)c2cc(N3CC[C@]4(CCN(C(=O)OC(C)(C)C)C4)C3=O)ccc21. The van der Waals surface area contributed by atoms with E-state index >= 15 is 0 Å². The molecule has 0 saturated carbocycles. The molecule has 7 nitrogen and oxygen atoms in total. The van der Waals surface area contributed by atoms with Gasteiger partial charge in [-0.1, -0.05) is 0 Å². The van der Waals surface area contributed by atoms with Crippen LogP contribution in [0.2, 0.25) is 0 Å². The number of ether oxygens (including phenoxy) is 1. The molecule has 0 aliphatic carbocycles. The van der Waals surface area contributed by atoms with Crippen LogP contribution < -0.4 is 4.90 Å². The van der Waals surface area contributed by atoms with Crippen LogP contribution in [0.3, 0.4) is 0 Å². The zero-order valence-electron chi connectivity index (χ0n) is 16.7. The third-order valence-electron chi connectivity index (χ3n) is 5.62. The Hall–Kier alpha value is -1.84. The third kappa shape index (κ3) is 3.25. The highest BCUT2D eigenvalue weighted by Crippen LogP contribution is 2.43. The van der Waals surface area contributed by atoms with Gasteiger partial charge in [-0.15, -0.1) is 0 Å². The van der Waals surface area contributed by atoms with Crippen molar-refractivity contribution < 1.29 is 14.3 Å². The minimum Gasteiger partial charge on any atom is -0.444 e. The highest BCUT2D eigenvalue weighted by molar-refractivity contribution is 14.1. The topological polar surface area (TPSA) is 67.7 Å². The predicted octanol–water partition coefficient (Wildman–Crippen LogP) is 3.54. The maximum atomic E-state index is 13.3. The summed E-state index contributed by atoms with van der Waals surface area (Å²) in [6, 6.07) is 6.04. The number of halogens is 1. The summed E-state index contributed by atoms with van der Waals surface area (Å²) in [7, 11) is 1.92. The first-order valence-electron chi connectivity index (χ1n) is 9.52. The molecule has 2 fully saturated rings. The fourth-order valence-electron chi connectivity index (χ4n) is 4.18. The van der Waals surface area contributed by atoms with Crippen molar-refractivity contribution >= 4 is 51.2 Å². The molecule has 2 saturated heterocycles. The number of likely N-dealkylation sites (tertiary alicyclic amines) is 1. The van der Waals surface area contributed by atoms with Crippen molar-refractivity contribution in [3.05, 3.63) is 21.9 Å². The predicted molar refractivity (Wildman–Crippen MR) is 115 cm³/mol. The van der Waals surface area contributed by atoms with Crippen molar-refractivity contribution in [2.24, 2.45) is 12.5 Å². The lowest BCUT2D eigenvalue weighted by Crippen LogP contribution is -2.40. The van der Waals surface area contributed by atoms with Gasteiger partial charge in [0.2, 0.25) is 5.91 Å². The van der Waals surface area contributed by atoms with Crippen LogP contribution in [0.15, 0.2) is 18.2 Å². The van der Waals surface area contributed by atoms with Gasteiger partial charge in [0.05, 0.1) is 10.9 Å². The standard InChI is InChI=1S/C20H25IN4O3/c1-19(2,3)28-18(27)24-9-7-20(12-24)8-10-25(17(20)26)13-5-6-15-14(11-13)16(21)22-23(15)4/h5-6,11H,7-10,12H2,1-4H3/t20-/m0/s1. The number of nitrogens with zero attached hydrogens (tertiary/aromatic N) is 4. The molecule has 8 heteroatoms. The van der Waals surface area contributed by atoms with Crippen LogP contribution in [-0.4, -0.2) is 51.9 Å². The highest BCUT2D eigenvalue weighted by atomic mass is 127. The number of benzene rings is 1. The summed E-state index contributed by atoms with van der Waals surface area (Å²) in [5.41, 5.74) is 0.922. The van der Waals surface area contributed by atoms with Crippen molar-refractivity contribution in [3.63, 3.8) is 0 Å². The number of carbonyl (C=O) groups is 2. The van der Waals surface area contributed by atoms with Gasteiger partial charge < -0.3 is 14.5 Å². The summed E-state index contributed by atoms with van der Waals surface area (Å²) in [5.74, 6) is 0.108. The number of rotatable bonds is 1. The molecule has 0 unspecified atom stereocenters. The first kappa shape index (κ1) is 19.5. The van der Waals surface area contributed by atoms with Crippen LogP contribution >= 0.6 is 22.6 Å². The Labute approximate surface area is 178 Å². The maximum absolute atomic E-state index is 13.3. The molecule has 2 aromatic rings. The zero-order chi connectivity index (χ0) is 20.3. The molecular weight excluding hydrogens is 471 g/mol. The van der Waals surface area contributed by atoms with Gasteiger partial charge in [-0.3, -0.25) is 9.48 Å². The second-order valence-electron chi connectivity index (χ2n) is 8.75. The van der Waals surface area contributed by atoms with Gasteiger partial charge >= 0.3 is 6.09 Å². The summed E-state index contributed by atoms with van der Waals surface area (Å²) < 4.78 is 8.26. The molecule has 150 valence electrons. The van der Waals surface area contributed by atoms with E-state index in [0.717, 1.165) is 26.7 Å². The Morgan fingerprint density at radius 1 is 1.25 bits per heavy atom. The fourth-order valence-corrected chi connectivity index (χ4v) is 4.93. The van der Waals surface area contributed by atoms with E-state index in [-0.39, 0.29) is 12.0 Å². The van der Waals surface area contributed by atoms with Gasteiger partial charge in [-0.05, 0) is 74.4 Å². The third-order valence-corrected chi connectivity index (χ3v) is 6.42. The average molecular weight is 496 g/mol. The molecule has 4 rings (SSSR count). The van der Waals surface area contributed by atoms with E-state index in [9.17, 15) is 9.59 Å². The van der Waals surface area contributed by atoms with Gasteiger partial charge in [0.1, 0.15) is 9.30 Å². The monoisotopic (exact) mass is 496 g/mol. The second-order valence-corrected chi connectivity index (χ2v) is 9.78.